The Bertz CT molecular complexity index is 4460. The largest absolute Gasteiger partial charge is 0.642 e. The highest BCUT2D eigenvalue weighted by Gasteiger charge is 2.62. The van der Waals surface area contributed by atoms with E-state index in [0.29, 0.717) is 0 Å². The summed E-state index contributed by atoms with van der Waals surface area (Å²) in [5, 5.41) is 0. The van der Waals surface area contributed by atoms with Gasteiger partial charge in [0, 0.05) is 36.0 Å². The van der Waals surface area contributed by atoms with Crippen molar-refractivity contribution in [1.29, 1.82) is 0 Å². The molecule has 9 aromatic rings. The van der Waals surface area contributed by atoms with Gasteiger partial charge in [-0.1, -0.05) is 0 Å². The van der Waals surface area contributed by atoms with Crippen molar-refractivity contribution in [2.75, 3.05) is 0 Å². The molecule has 0 unspecified atom stereocenters. The van der Waals surface area contributed by atoms with Crippen LogP contribution in [0.1, 0.15) is 50.1 Å². The van der Waals surface area contributed by atoms with Gasteiger partial charge in [0.25, 0.3) is 0 Å². The van der Waals surface area contributed by atoms with Crippen LogP contribution in [0.25, 0.3) is 0 Å². The lowest BCUT2D eigenvalue weighted by Crippen LogP contribution is -2.55. The predicted octanol–water partition coefficient (Wildman–Crippen LogP) is 19.8. The maximum absolute atomic E-state index is 17.3. The molecule has 0 saturated heterocycles. The van der Waals surface area contributed by atoms with Gasteiger partial charge in [-0.15, -0.1) is 0 Å². The minimum Gasteiger partial charge on any atom is -0.371 e. The molecule has 0 radical (unpaired) electrons. The molecule has 0 spiro atoms. The first-order valence-electron chi connectivity index (χ1n) is 26.9. The van der Waals surface area contributed by atoms with Gasteiger partial charge in [0.05, 0.1) is 33.4 Å². The van der Waals surface area contributed by atoms with Crippen LogP contribution in [0.2, 0.25) is 0 Å². The molecule has 0 aromatic heterocycles. The molecule has 0 amide bonds. The Kier molecular flexibility index (Phi) is 21.8. The summed E-state index contributed by atoms with van der Waals surface area (Å²) in [5.41, 5.74) is -60.8. The summed E-state index contributed by atoms with van der Waals surface area (Å²) >= 11 is 0. The summed E-state index contributed by atoms with van der Waals surface area (Å²) in [7, 11) is -7.05. The molecule has 0 heterocycles. The third kappa shape index (κ3) is 12.1. The lowest BCUT2D eigenvalue weighted by molar-refractivity contribution is -0.0785. The van der Waals surface area contributed by atoms with E-state index in [0.717, 1.165) is 0 Å². The van der Waals surface area contributed by atoms with Gasteiger partial charge in [-0.25, -0.2) is 198 Å². The quantitative estimate of drug-likeness (QED) is 0.0371. The monoisotopic (exact) mass is 1640 g/mol. The molecule has 9 aromatic carbocycles. The van der Waals surface area contributed by atoms with Gasteiger partial charge >= 0.3 is 7.32 Å². The smallest absolute Gasteiger partial charge is 0.371 e. The van der Waals surface area contributed by atoms with E-state index in [1.54, 1.807) is 0 Å². The fourth-order valence-corrected chi connectivity index (χ4v) is 10.9. The molecule has 0 N–H and O–H groups in total. The average molecular weight is 1640 g/mol. The van der Waals surface area contributed by atoms with Gasteiger partial charge in [0.1, 0.15) is 16.8 Å². The van der Waals surface area contributed by atoms with Crippen LogP contribution in [0, 0.1) is 262 Å². The molecular formula is C60H6BF45O3. The Morgan fingerprint density at radius 1 is 0.128 bits per heavy atom. The molecule has 109 heavy (non-hydrogen) atoms. The molecule has 9 rings (SSSR count). The highest BCUT2D eigenvalue weighted by Crippen LogP contribution is 2.55. The molecule has 0 aliphatic carbocycles. The van der Waals surface area contributed by atoms with Crippen molar-refractivity contribution in [3.63, 3.8) is 0 Å². The van der Waals surface area contributed by atoms with Crippen molar-refractivity contribution in [2.24, 2.45) is 0 Å². The highest BCUT2D eigenvalue weighted by atomic mass is 19.2. The normalized spacial score (nSPS) is 12.3. The van der Waals surface area contributed by atoms with Crippen molar-refractivity contribution < 1.29 is 212 Å². The Labute approximate surface area is 566 Å². The molecule has 0 bridgehead atoms. The molecule has 582 valence electrons. The van der Waals surface area contributed by atoms with Crippen LogP contribution in [0.15, 0.2) is 0 Å². The first-order chi connectivity index (χ1) is 50.3. The zero-order valence-electron chi connectivity index (χ0n) is 49.4. The first-order valence-corrected chi connectivity index (χ1v) is 26.9. The van der Waals surface area contributed by atoms with Crippen LogP contribution >= 0.6 is 0 Å². The number of halogens is 45. The van der Waals surface area contributed by atoms with Crippen LogP contribution < -0.4 is 0 Å². The van der Waals surface area contributed by atoms with Gasteiger partial charge in [0.15, 0.2) is 209 Å². The Morgan fingerprint density at radius 3 is 0.312 bits per heavy atom. The second-order valence-electron chi connectivity index (χ2n) is 21.5. The van der Waals surface area contributed by atoms with Crippen LogP contribution in [0.5, 0.6) is 0 Å². The van der Waals surface area contributed by atoms with E-state index in [1.807, 2.05) is 0 Å². The van der Waals surface area contributed by atoms with E-state index in [9.17, 15) is 13.2 Å². The summed E-state index contributed by atoms with van der Waals surface area (Å²) in [5.74, 6) is -191. The second kappa shape index (κ2) is 28.7. The molecule has 0 aliphatic rings. The summed E-state index contributed by atoms with van der Waals surface area (Å²) in [6.07, 6.45) is -13.7. The fourth-order valence-electron chi connectivity index (χ4n) is 10.9. The van der Waals surface area contributed by atoms with E-state index in [4.69, 9.17) is 0 Å². The summed E-state index contributed by atoms with van der Waals surface area (Å²) in [6.45, 7) is 0. The lowest BCUT2D eigenvalue weighted by atomic mass is 9.75. The highest BCUT2D eigenvalue weighted by molar-refractivity contribution is 6.37. The van der Waals surface area contributed by atoms with E-state index >= 15 is 184 Å². The lowest BCUT2D eigenvalue weighted by Gasteiger charge is -2.45. The second-order valence-corrected chi connectivity index (χ2v) is 21.5. The molecule has 0 atom stereocenters. The number of rotatable bonds is 18. The van der Waals surface area contributed by atoms with E-state index < -0.39 is 355 Å². The third-order valence-electron chi connectivity index (χ3n) is 15.8. The van der Waals surface area contributed by atoms with Gasteiger partial charge in [-0.2, -0.15) is 0 Å². The number of hydrogen-bond donors (Lipinski definition) is 0. The first kappa shape index (κ1) is 82.8. The standard InChI is InChI=1S/C60H6BF45O3/c62-13-4(14(63)32(81)49(98)31(13)80)1-58(7-19(68)37(86)52(101)38(87)20(7)69,8-21(70)39(88)53(102)40(89)22(8)71)107-61(108-59(9-23(72)41(90)54(103)42(91)24(9)73,10-25(74)43(92)55(104)44(93)26(10)75)2-5-15(64)33(82)50(99)34(83)16(5)65)109-60(11-27(76)45(94)56(105)46(95)28(11)77,12-29(78)47(96)57(106)48(97)30(12)79)3-6-17(66)35(84)51(100)36(85)18(6)67/h1-3H2. The minimum absolute atomic E-state index is 3.80. The molecule has 3 nitrogen and oxygen atoms in total. The molecule has 0 saturated carbocycles. The fraction of sp³-hybridized carbons (Fsp3) is 0.100. The van der Waals surface area contributed by atoms with Gasteiger partial charge in [-0.3, -0.25) is 0 Å². The van der Waals surface area contributed by atoms with Crippen LogP contribution in [-0.2, 0) is 50.0 Å². The third-order valence-corrected chi connectivity index (χ3v) is 15.8. The summed E-state index contributed by atoms with van der Waals surface area (Å²) in [4.78, 5) is 0. The average Bonchev–Trinajstić information content (AvgIpc) is 0.706. The Hall–Kier alpha value is -10.2. The van der Waals surface area contributed by atoms with Gasteiger partial charge < -0.3 is 14.0 Å². The van der Waals surface area contributed by atoms with E-state index in [1.165, 1.54) is 0 Å². The SMILES string of the molecule is Fc1c(F)c(F)c(CC(OB(OC(Cc2c(F)c(F)c(F)c(F)c2F)(c2c(F)c(F)c(F)c(F)c2F)c2c(F)c(F)c(F)c(F)c2F)OC(Cc2c(F)c(F)c(F)c(F)c2F)(c2c(F)c(F)c(F)c(F)c2F)c2c(F)c(F)c(F)c(F)c2F)(c2c(F)c(F)c(F)c(F)c2F)c2c(F)c(F)c(F)c(F)c2F)c(F)c1F. The van der Waals surface area contributed by atoms with Crippen LogP contribution in [0.3, 0.4) is 0 Å². The summed E-state index contributed by atoms with van der Waals surface area (Å²) in [6, 6.07) is 0. The Morgan fingerprint density at radius 2 is 0.211 bits per heavy atom. The van der Waals surface area contributed by atoms with Crippen molar-refractivity contribution in [1.82, 2.24) is 0 Å². The van der Waals surface area contributed by atoms with Crippen molar-refractivity contribution in [3.05, 3.63) is 312 Å². The van der Waals surface area contributed by atoms with Crippen LogP contribution in [0.4, 0.5) is 198 Å². The van der Waals surface area contributed by atoms with Crippen LogP contribution in [-0.4, -0.2) is 7.32 Å². The van der Waals surface area contributed by atoms with Crippen molar-refractivity contribution >= 4 is 7.32 Å². The van der Waals surface area contributed by atoms with E-state index in [-0.39, 0.29) is 0 Å². The molecule has 0 aliphatic heterocycles. The topological polar surface area (TPSA) is 27.7 Å². The minimum atomic E-state index is -7.30. The maximum atomic E-state index is 17.3. The molecular weight excluding hydrogens is 1630 g/mol. The number of hydrogen-bond acceptors (Lipinski definition) is 3. The van der Waals surface area contributed by atoms with E-state index in [2.05, 4.69) is 14.0 Å². The Balaban J connectivity index is 1.77. The zero-order chi connectivity index (χ0) is 82.5. The number of benzene rings is 9. The van der Waals surface area contributed by atoms with Crippen molar-refractivity contribution in [2.45, 2.75) is 36.1 Å². The van der Waals surface area contributed by atoms with Crippen molar-refractivity contribution in [3.8, 4) is 0 Å². The van der Waals surface area contributed by atoms with Gasteiger partial charge in [0.2, 0.25) is 52.4 Å². The zero-order valence-corrected chi connectivity index (χ0v) is 49.4. The van der Waals surface area contributed by atoms with Gasteiger partial charge in [-0.05, 0) is 0 Å². The predicted molar refractivity (Wildman–Crippen MR) is 259 cm³/mol. The molecule has 0 fully saturated rings. The summed E-state index contributed by atoms with van der Waals surface area (Å²) < 4.78 is 743. The maximum Gasteiger partial charge on any atom is 0.642 e. The molecule has 49 heteroatoms.